The number of pyridine rings is 1. The van der Waals surface area contributed by atoms with Gasteiger partial charge in [0.1, 0.15) is 5.82 Å². The molecule has 1 aromatic rings. The topological polar surface area (TPSA) is 53.4 Å². The van der Waals surface area contributed by atoms with Crippen LogP contribution in [0.25, 0.3) is 0 Å². The van der Waals surface area contributed by atoms with Crippen LogP contribution in [0.5, 0.6) is 0 Å². The molecule has 2 rings (SSSR count). The Kier molecular flexibility index (Phi) is 4.55. The largest absolute Gasteiger partial charge is 0.478 e. The van der Waals surface area contributed by atoms with E-state index in [1.165, 1.54) is 6.42 Å². The van der Waals surface area contributed by atoms with Crippen molar-refractivity contribution in [1.82, 2.24) is 4.98 Å². The van der Waals surface area contributed by atoms with Crippen molar-refractivity contribution in [3.63, 3.8) is 0 Å². The van der Waals surface area contributed by atoms with E-state index in [9.17, 15) is 9.90 Å². The van der Waals surface area contributed by atoms with Crippen LogP contribution in [-0.4, -0.2) is 29.1 Å². The van der Waals surface area contributed by atoms with E-state index < -0.39 is 5.97 Å². The molecule has 0 aliphatic carbocycles. The number of hydrogen-bond acceptors (Lipinski definition) is 3. The van der Waals surface area contributed by atoms with Crippen LogP contribution in [-0.2, 0) is 0 Å². The van der Waals surface area contributed by atoms with Gasteiger partial charge in [0, 0.05) is 18.8 Å². The molecule has 4 heteroatoms. The lowest BCUT2D eigenvalue weighted by molar-refractivity contribution is 0.0696. The van der Waals surface area contributed by atoms with Gasteiger partial charge >= 0.3 is 5.97 Å². The van der Waals surface area contributed by atoms with Crippen molar-refractivity contribution >= 4 is 11.8 Å². The fourth-order valence-electron chi connectivity index (χ4n) is 2.77. The monoisotopic (exact) mass is 290 g/mol. The van der Waals surface area contributed by atoms with Crippen molar-refractivity contribution in [2.75, 3.05) is 18.0 Å². The Morgan fingerprint density at radius 2 is 2.00 bits per heavy atom. The lowest BCUT2D eigenvalue weighted by Crippen LogP contribution is -2.26. The van der Waals surface area contributed by atoms with Gasteiger partial charge in [0.25, 0.3) is 0 Å². The smallest absolute Gasteiger partial charge is 0.335 e. The number of carboxylic acids is 1. The summed E-state index contributed by atoms with van der Waals surface area (Å²) in [4.78, 5) is 18.3. The highest BCUT2D eigenvalue weighted by atomic mass is 16.4. The minimum Gasteiger partial charge on any atom is -0.478 e. The summed E-state index contributed by atoms with van der Waals surface area (Å²) in [6.07, 6.45) is 3.45. The zero-order chi connectivity index (χ0) is 15.6. The number of aromatic nitrogens is 1. The van der Waals surface area contributed by atoms with Gasteiger partial charge in [-0.15, -0.1) is 0 Å². The maximum Gasteiger partial charge on any atom is 0.335 e. The summed E-state index contributed by atoms with van der Waals surface area (Å²) in [6.45, 7) is 10.6. The summed E-state index contributed by atoms with van der Waals surface area (Å²) in [5, 5.41) is 9.31. The number of anilines is 1. The molecule has 0 unspecified atom stereocenters. The minimum atomic E-state index is -0.879. The molecule has 1 aliphatic heterocycles. The standard InChI is InChI=1S/C17H26N2O2/c1-12(2)14-10-13(16(20)21)11-15(18-14)19-8-5-6-17(3,4)7-9-19/h10-12H,5-9H2,1-4H3,(H,20,21). The van der Waals surface area contributed by atoms with Gasteiger partial charge in [-0.05, 0) is 42.7 Å². The Hall–Kier alpha value is -1.58. The molecule has 0 amide bonds. The maximum absolute atomic E-state index is 11.3. The van der Waals surface area contributed by atoms with Gasteiger partial charge < -0.3 is 10.0 Å². The number of hydrogen-bond donors (Lipinski definition) is 1. The molecule has 1 saturated heterocycles. The van der Waals surface area contributed by atoms with Gasteiger partial charge in [0.05, 0.1) is 5.56 Å². The van der Waals surface area contributed by atoms with Gasteiger partial charge in [-0.25, -0.2) is 9.78 Å². The first-order chi connectivity index (χ1) is 9.78. The van der Waals surface area contributed by atoms with Crippen LogP contribution in [0.4, 0.5) is 5.82 Å². The van der Waals surface area contributed by atoms with E-state index in [0.29, 0.717) is 11.0 Å². The normalized spacial score (nSPS) is 18.6. The first kappa shape index (κ1) is 15.8. The molecular weight excluding hydrogens is 264 g/mol. The first-order valence-electron chi connectivity index (χ1n) is 7.79. The van der Waals surface area contributed by atoms with Crippen LogP contribution in [0.2, 0.25) is 0 Å². The summed E-state index contributed by atoms with van der Waals surface area (Å²) in [5.41, 5.74) is 1.56. The third-order valence-corrected chi connectivity index (χ3v) is 4.33. The van der Waals surface area contributed by atoms with Crippen LogP contribution in [0.15, 0.2) is 12.1 Å². The molecule has 1 N–H and O–H groups in total. The molecule has 1 aliphatic rings. The lowest BCUT2D eigenvalue weighted by atomic mass is 9.85. The summed E-state index contributed by atoms with van der Waals surface area (Å²) in [5.74, 6) is 0.165. The van der Waals surface area contributed by atoms with Gasteiger partial charge in [0.15, 0.2) is 0 Å². The van der Waals surface area contributed by atoms with Crippen molar-refractivity contribution in [2.45, 2.75) is 52.9 Å². The molecule has 0 radical (unpaired) electrons. The fraction of sp³-hybridized carbons (Fsp3) is 0.647. The van der Waals surface area contributed by atoms with Crippen molar-refractivity contribution in [3.8, 4) is 0 Å². The molecule has 1 fully saturated rings. The molecular formula is C17H26N2O2. The Balaban J connectivity index is 2.31. The van der Waals surface area contributed by atoms with Gasteiger partial charge in [-0.2, -0.15) is 0 Å². The van der Waals surface area contributed by atoms with E-state index in [2.05, 4.69) is 18.7 Å². The average Bonchev–Trinajstić information content (AvgIpc) is 2.59. The van der Waals surface area contributed by atoms with E-state index in [4.69, 9.17) is 4.98 Å². The summed E-state index contributed by atoms with van der Waals surface area (Å²) in [7, 11) is 0. The van der Waals surface area contributed by atoms with Gasteiger partial charge in [-0.1, -0.05) is 27.7 Å². The number of carbonyl (C=O) groups is 1. The van der Waals surface area contributed by atoms with E-state index in [0.717, 1.165) is 37.4 Å². The highest BCUT2D eigenvalue weighted by Gasteiger charge is 2.24. The predicted octanol–water partition coefficient (Wildman–Crippen LogP) is 3.92. The van der Waals surface area contributed by atoms with Crippen molar-refractivity contribution in [1.29, 1.82) is 0 Å². The zero-order valence-electron chi connectivity index (χ0n) is 13.5. The average molecular weight is 290 g/mol. The molecule has 0 aromatic carbocycles. The van der Waals surface area contributed by atoms with Crippen LogP contribution < -0.4 is 4.90 Å². The highest BCUT2D eigenvalue weighted by molar-refractivity contribution is 5.88. The molecule has 0 saturated carbocycles. The zero-order valence-corrected chi connectivity index (χ0v) is 13.5. The molecule has 116 valence electrons. The second-order valence-corrected chi connectivity index (χ2v) is 7.10. The van der Waals surface area contributed by atoms with Crippen LogP contribution in [0.3, 0.4) is 0 Å². The Labute approximate surface area is 127 Å². The summed E-state index contributed by atoms with van der Waals surface area (Å²) in [6, 6.07) is 3.41. The SMILES string of the molecule is CC(C)c1cc(C(=O)O)cc(N2CCCC(C)(C)CC2)n1. The molecule has 2 heterocycles. The number of aromatic carboxylic acids is 1. The minimum absolute atomic E-state index is 0.228. The van der Waals surface area contributed by atoms with Crippen LogP contribution >= 0.6 is 0 Å². The van der Waals surface area contributed by atoms with Crippen LogP contribution in [0, 0.1) is 5.41 Å². The van der Waals surface area contributed by atoms with Gasteiger partial charge in [-0.3, -0.25) is 0 Å². The second-order valence-electron chi connectivity index (χ2n) is 7.10. The maximum atomic E-state index is 11.3. The molecule has 4 nitrogen and oxygen atoms in total. The number of rotatable bonds is 3. The Bertz CT molecular complexity index is 524. The molecule has 0 bridgehead atoms. The van der Waals surface area contributed by atoms with Crippen molar-refractivity contribution < 1.29 is 9.90 Å². The third kappa shape index (κ3) is 3.96. The molecule has 0 spiro atoms. The van der Waals surface area contributed by atoms with E-state index in [1.54, 1.807) is 12.1 Å². The second kappa shape index (κ2) is 6.04. The predicted molar refractivity (Wildman–Crippen MR) is 85.1 cm³/mol. The summed E-state index contributed by atoms with van der Waals surface area (Å²) < 4.78 is 0. The highest BCUT2D eigenvalue weighted by Crippen LogP contribution is 2.31. The van der Waals surface area contributed by atoms with Crippen LogP contribution in [0.1, 0.15) is 68.9 Å². The summed E-state index contributed by atoms with van der Waals surface area (Å²) >= 11 is 0. The Morgan fingerprint density at radius 3 is 2.62 bits per heavy atom. The van der Waals surface area contributed by atoms with E-state index in [1.807, 2.05) is 13.8 Å². The van der Waals surface area contributed by atoms with Crippen molar-refractivity contribution in [3.05, 3.63) is 23.4 Å². The van der Waals surface area contributed by atoms with E-state index in [-0.39, 0.29) is 5.92 Å². The quantitative estimate of drug-likeness (QED) is 0.916. The fourth-order valence-corrected chi connectivity index (χ4v) is 2.77. The van der Waals surface area contributed by atoms with Crippen molar-refractivity contribution in [2.24, 2.45) is 5.41 Å². The molecule has 1 aromatic heterocycles. The first-order valence-corrected chi connectivity index (χ1v) is 7.79. The third-order valence-electron chi connectivity index (χ3n) is 4.33. The Morgan fingerprint density at radius 1 is 1.29 bits per heavy atom. The number of nitrogens with zero attached hydrogens (tertiary/aromatic N) is 2. The lowest BCUT2D eigenvalue weighted by Gasteiger charge is -2.25. The van der Waals surface area contributed by atoms with Gasteiger partial charge in [0.2, 0.25) is 0 Å². The van der Waals surface area contributed by atoms with E-state index >= 15 is 0 Å². The molecule has 0 atom stereocenters. The number of carboxylic acid groups (broad SMARTS) is 1. The molecule has 21 heavy (non-hydrogen) atoms.